The third-order valence-electron chi connectivity index (χ3n) is 4.94. The molecule has 3 rings (SSSR count). The highest BCUT2D eigenvalue weighted by Gasteiger charge is 2.35. The van der Waals surface area contributed by atoms with E-state index in [4.69, 9.17) is 0 Å². The van der Waals surface area contributed by atoms with Gasteiger partial charge in [-0.25, -0.2) is 9.97 Å². The second-order valence-corrected chi connectivity index (χ2v) is 7.10. The largest absolute Gasteiger partial charge is 0.434 e. The number of imidazole rings is 1. The van der Waals surface area contributed by atoms with E-state index in [1.54, 1.807) is 0 Å². The number of aliphatic hydroxyl groups excluding tert-OH is 1. The van der Waals surface area contributed by atoms with Gasteiger partial charge >= 0.3 is 6.18 Å². The molecule has 1 aliphatic rings. The number of hydrogen-bond acceptors (Lipinski definition) is 5. The Balaban J connectivity index is 1.79. The van der Waals surface area contributed by atoms with Crippen molar-refractivity contribution < 1.29 is 23.1 Å². The highest BCUT2D eigenvalue weighted by molar-refractivity contribution is 5.92. The van der Waals surface area contributed by atoms with Crippen molar-refractivity contribution in [3.63, 3.8) is 0 Å². The minimum atomic E-state index is -4.57. The van der Waals surface area contributed by atoms with Gasteiger partial charge in [0.05, 0.1) is 30.5 Å². The van der Waals surface area contributed by atoms with Gasteiger partial charge in [-0.3, -0.25) is 9.78 Å². The van der Waals surface area contributed by atoms with Crippen molar-refractivity contribution in [3.05, 3.63) is 36.3 Å². The SMILES string of the molecule is C[C@H](O)c1cnc(NC(=O)[C@H](CC2CCCC2)n2cnc(C(F)(F)F)c2)cn1. The van der Waals surface area contributed by atoms with Gasteiger partial charge in [0.1, 0.15) is 6.04 Å². The van der Waals surface area contributed by atoms with E-state index in [1.165, 1.54) is 23.9 Å². The summed E-state index contributed by atoms with van der Waals surface area (Å²) in [5.41, 5.74) is -0.678. The molecular formula is C18H22F3N5O2. The number of anilines is 1. The average molecular weight is 397 g/mol. The van der Waals surface area contributed by atoms with Gasteiger partial charge in [-0.2, -0.15) is 13.2 Å². The molecule has 2 N–H and O–H groups in total. The lowest BCUT2D eigenvalue weighted by Gasteiger charge is -2.21. The minimum absolute atomic E-state index is 0.169. The molecule has 10 heteroatoms. The molecule has 2 aromatic rings. The van der Waals surface area contributed by atoms with Crippen molar-refractivity contribution in [1.29, 1.82) is 0 Å². The van der Waals surface area contributed by atoms with Crippen LogP contribution in [0.5, 0.6) is 0 Å². The predicted molar refractivity (Wildman–Crippen MR) is 94.1 cm³/mol. The first kappa shape index (κ1) is 20.2. The lowest BCUT2D eigenvalue weighted by atomic mass is 9.97. The number of carbonyl (C=O) groups is 1. The van der Waals surface area contributed by atoms with Crippen LogP contribution in [0.2, 0.25) is 0 Å². The third-order valence-corrected chi connectivity index (χ3v) is 4.94. The van der Waals surface area contributed by atoms with Gasteiger partial charge in [0.25, 0.3) is 0 Å². The molecule has 1 fully saturated rings. The summed E-state index contributed by atoms with van der Waals surface area (Å²) in [6.45, 7) is 1.54. The molecule has 1 amide bonds. The summed E-state index contributed by atoms with van der Waals surface area (Å²) in [4.78, 5) is 24.3. The highest BCUT2D eigenvalue weighted by Crippen LogP contribution is 2.34. The van der Waals surface area contributed by atoms with Crippen LogP contribution in [0.1, 0.15) is 62.6 Å². The van der Waals surface area contributed by atoms with Gasteiger partial charge in [-0.1, -0.05) is 25.7 Å². The molecule has 0 unspecified atom stereocenters. The number of alkyl halides is 3. The Labute approximate surface area is 160 Å². The van der Waals surface area contributed by atoms with Crippen LogP contribution < -0.4 is 5.32 Å². The first-order chi connectivity index (χ1) is 13.2. The lowest BCUT2D eigenvalue weighted by Crippen LogP contribution is -2.27. The summed E-state index contributed by atoms with van der Waals surface area (Å²) >= 11 is 0. The van der Waals surface area contributed by atoms with Crippen LogP contribution in [0.15, 0.2) is 24.9 Å². The van der Waals surface area contributed by atoms with Gasteiger partial charge in [-0.15, -0.1) is 0 Å². The van der Waals surface area contributed by atoms with Crippen molar-refractivity contribution in [1.82, 2.24) is 19.5 Å². The van der Waals surface area contributed by atoms with Crippen LogP contribution in [0.25, 0.3) is 0 Å². The van der Waals surface area contributed by atoms with E-state index < -0.39 is 29.9 Å². The number of rotatable bonds is 6. The van der Waals surface area contributed by atoms with E-state index >= 15 is 0 Å². The standard InChI is InChI=1S/C18H22F3N5O2/c1-11(27)13-7-23-16(8-22-13)25-17(28)14(6-12-4-2-3-5-12)26-9-15(24-10-26)18(19,20)21/h7-12,14,27H,2-6H2,1H3,(H,23,25,28)/t11-,14-/m0/s1. The Morgan fingerprint density at radius 1 is 1.29 bits per heavy atom. The predicted octanol–water partition coefficient (Wildman–Crippen LogP) is 3.51. The molecule has 2 heterocycles. The van der Waals surface area contributed by atoms with Crippen molar-refractivity contribution in [3.8, 4) is 0 Å². The maximum atomic E-state index is 12.9. The first-order valence-electron chi connectivity index (χ1n) is 9.15. The van der Waals surface area contributed by atoms with Gasteiger partial charge in [0.15, 0.2) is 11.5 Å². The molecule has 2 atom stereocenters. The molecule has 0 spiro atoms. The first-order valence-corrected chi connectivity index (χ1v) is 9.15. The molecule has 1 aliphatic carbocycles. The maximum absolute atomic E-state index is 12.9. The van der Waals surface area contributed by atoms with E-state index in [2.05, 4.69) is 20.3 Å². The summed E-state index contributed by atoms with van der Waals surface area (Å²) in [6.07, 6.45) is 3.64. The topological polar surface area (TPSA) is 92.9 Å². The van der Waals surface area contributed by atoms with E-state index in [1.807, 2.05) is 0 Å². The zero-order chi connectivity index (χ0) is 20.3. The molecule has 0 saturated heterocycles. The zero-order valence-electron chi connectivity index (χ0n) is 15.4. The summed E-state index contributed by atoms with van der Waals surface area (Å²) in [7, 11) is 0. The third kappa shape index (κ3) is 4.86. The van der Waals surface area contributed by atoms with Crippen LogP contribution >= 0.6 is 0 Å². The van der Waals surface area contributed by atoms with Gasteiger partial charge < -0.3 is 15.0 Å². The van der Waals surface area contributed by atoms with E-state index in [-0.39, 0.29) is 11.7 Å². The smallest absolute Gasteiger partial charge is 0.387 e. The number of hydrogen-bond donors (Lipinski definition) is 2. The summed E-state index contributed by atoms with van der Waals surface area (Å²) in [5.74, 6) is -0.0321. The zero-order valence-corrected chi connectivity index (χ0v) is 15.4. The van der Waals surface area contributed by atoms with Crippen molar-refractivity contribution in [2.75, 3.05) is 5.32 Å². The Kier molecular flexibility index (Phi) is 5.97. The fourth-order valence-corrected chi connectivity index (χ4v) is 3.41. The molecule has 0 bridgehead atoms. The fourth-order valence-electron chi connectivity index (χ4n) is 3.41. The average Bonchev–Trinajstić information content (AvgIpc) is 3.31. The van der Waals surface area contributed by atoms with E-state index in [0.717, 1.165) is 38.2 Å². The summed E-state index contributed by atoms with van der Waals surface area (Å²) in [6, 6.07) is -0.829. The Morgan fingerprint density at radius 3 is 2.54 bits per heavy atom. The van der Waals surface area contributed by atoms with Crippen molar-refractivity contribution in [2.24, 2.45) is 5.92 Å². The Morgan fingerprint density at radius 2 is 2.00 bits per heavy atom. The lowest BCUT2D eigenvalue weighted by molar-refractivity contribution is -0.141. The van der Waals surface area contributed by atoms with Crippen molar-refractivity contribution >= 4 is 11.7 Å². The Bertz CT molecular complexity index is 798. The number of amides is 1. The Hall–Kier alpha value is -2.49. The van der Waals surface area contributed by atoms with Crippen LogP contribution in [0, 0.1) is 5.92 Å². The van der Waals surface area contributed by atoms with E-state index in [0.29, 0.717) is 12.1 Å². The van der Waals surface area contributed by atoms with Gasteiger partial charge in [-0.05, 0) is 19.3 Å². The monoisotopic (exact) mass is 397 g/mol. The summed E-state index contributed by atoms with van der Waals surface area (Å²) < 4.78 is 39.9. The maximum Gasteiger partial charge on any atom is 0.434 e. The minimum Gasteiger partial charge on any atom is -0.387 e. The molecule has 2 aromatic heterocycles. The normalized spacial score (nSPS) is 17.5. The fraction of sp³-hybridized carbons (Fsp3) is 0.556. The van der Waals surface area contributed by atoms with Gasteiger partial charge in [0, 0.05) is 6.20 Å². The summed E-state index contributed by atoms with van der Waals surface area (Å²) in [5, 5.41) is 12.1. The van der Waals surface area contributed by atoms with Gasteiger partial charge in [0.2, 0.25) is 5.91 Å². The number of aliphatic hydroxyl groups is 1. The van der Waals surface area contributed by atoms with Crippen LogP contribution in [-0.2, 0) is 11.0 Å². The molecular weight excluding hydrogens is 375 g/mol. The molecule has 0 aromatic carbocycles. The molecule has 28 heavy (non-hydrogen) atoms. The van der Waals surface area contributed by atoms with Crippen LogP contribution in [0.4, 0.5) is 19.0 Å². The van der Waals surface area contributed by atoms with Crippen molar-refractivity contribution in [2.45, 2.75) is 57.3 Å². The number of nitrogens with zero attached hydrogens (tertiary/aromatic N) is 4. The number of nitrogens with one attached hydrogen (secondary N) is 1. The number of halogens is 3. The quantitative estimate of drug-likeness (QED) is 0.778. The molecule has 7 nitrogen and oxygen atoms in total. The molecule has 0 radical (unpaired) electrons. The van der Waals surface area contributed by atoms with E-state index in [9.17, 15) is 23.1 Å². The van der Waals surface area contributed by atoms with Crippen LogP contribution in [0.3, 0.4) is 0 Å². The molecule has 152 valence electrons. The highest BCUT2D eigenvalue weighted by atomic mass is 19.4. The molecule has 1 saturated carbocycles. The number of carbonyl (C=O) groups excluding carboxylic acids is 1. The molecule has 0 aliphatic heterocycles. The number of aromatic nitrogens is 4. The van der Waals surface area contributed by atoms with Crippen LogP contribution in [-0.4, -0.2) is 30.5 Å². The second-order valence-electron chi connectivity index (χ2n) is 7.10. The second kappa shape index (κ2) is 8.26.